The number of carbonyl (C=O) groups is 1. The molecule has 1 amide bonds. The summed E-state index contributed by atoms with van der Waals surface area (Å²) in [6.07, 6.45) is 0.271. The molecule has 0 saturated heterocycles. The van der Waals surface area contributed by atoms with Crippen molar-refractivity contribution >= 4 is 29.1 Å². The van der Waals surface area contributed by atoms with Crippen LogP contribution in [0.15, 0.2) is 18.2 Å². The number of benzene rings is 1. The van der Waals surface area contributed by atoms with E-state index in [-0.39, 0.29) is 18.4 Å². The molecule has 0 aromatic heterocycles. The first-order chi connectivity index (χ1) is 7.54. The molecule has 0 fully saturated rings. The van der Waals surface area contributed by atoms with Gasteiger partial charge in [0.2, 0.25) is 0 Å². The number of nitrogens with one attached hydrogen (secondary N) is 1. The molecule has 1 N–H and O–H groups in total. The molecule has 1 unspecified atom stereocenters. The monoisotopic (exact) mass is 256 g/mol. The summed E-state index contributed by atoms with van der Waals surface area (Å²) in [5, 5.41) is 11.9. The molecule has 0 heterocycles. The standard InChI is InChI=1S/C11H10Cl2N2O/c1-7(4-5-14)15-11(16)8-2-3-9(12)10(13)6-8/h2-3,6-7H,4H2,1H3,(H,15,16). The number of amides is 1. The SMILES string of the molecule is CC(CC#N)NC(=O)c1ccc(Cl)c(Cl)c1. The van der Waals surface area contributed by atoms with Gasteiger partial charge in [0.15, 0.2) is 0 Å². The smallest absolute Gasteiger partial charge is 0.251 e. The van der Waals surface area contributed by atoms with Crippen LogP contribution in [0, 0.1) is 11.3 Å². The lowest BCUT2D eigenvalue weighted by molar-refractivity contribution is 0.0941. The first-order valence-electron chi connectivity index (χ1n) is 4.67. The van der Waals surface area contributed by atoms with Gasteiger partial charge in [-0.05, 0) is 25.1 Å². The molecule has 1 aromatic carbocycles. The quantitative estimate of drug-likeness (QED) is 0.904. The van der Waals surface area contributed by atoms with Crippen molar-refractivity contribution in [3.8, 4) is 6.07 Å². The zero-order chi connectivity index (χ0) is 12.1. The van der Waals surface area contributed by atoms with Crippen molar-refractivity contribution in [3.63, 3.8) is 0 Å². The van der Waals surface area contributed by atoms with Crippen LogP contribution in [0.2, 0.25) is 10.0 Å². The Hall–Kier alpha value is -1.24. The van der Waals surface area contributed by atoms with Gasteiger partial charge in [-0.2, -0.15) is 5.26 Å². The molecular formula is C11H10Cl2N2O. The van der Waals surface area contributed by atoms with Crippen LogP contribution >= 0.6 is 23.2 Å². The first-order valence-corrected chi connectivity index (χ1v) is 5.43. The van der Waals surface area contributed by atoms with E-state index in [0.717, 1.165) is 0 Å². The minimum Gasteiger partial charge on any atom is -0.349 e. The lowest BCUT2D eigenvalue weighted by atomic mass is 10.2. The highest BCUT2D eigenvalue weighted by Gasteiger charge is 2.10. The summed E-state index contributed by atoms with van der Waals surface area (Å²) in [5.41, 5.74) is 0.430. The van der Waals surface area contributed by atoms with E-state index in [4.69, 9.17) is 28.5 Å². The maximum atomic E-state index is 11.7. The van der Waals surface area contributed by atoms with Gasteiger partial charge in [0.25, 0.3) is 5.91 Å². The molecule has 0 saturated carbocycles. The fourth-order valence-corrected chi connectivity index (χ4v) is 1.43. The Morgan fingerprint density at radius 1 is 1.50 bits per heavy atom. The molecule has 84 valence electrons. The molecule has 3 nitrogen and oxygen atoms in total. The topological polar surface area (TPSA) is 52.9 Å². The van der Waals surface area contributed by atoms with E-state index in [0.29, 0.717) is 15.6 Å². The van der Waals surface area contributed by atoms with Gasteiger partial charge in [-0.1, -0.05) is 23.2 Å². The third-order valence-corrected chi connectivity index (χ3v) is 2.70. The largest absolute Gasteiger partial charge is 0.349 e. The molecule has 1 atom stereocenters. The molecule has 16 heavy (non-hydrogen) atoms. The highest BCUT2D eigenvalue weighted by Crippen LogP contribution is 2.22. The van der Waals surface area contributed by atoms with Crippen molar-refractivity contribution < 1.29 is 4.79 Å². The number of rotatable bonds is 3. The Labute approximate surface area is 104 Å². The van der Waals surface area contributed by atoms with Crippen LogP contribution in [0.25, 0.3) is 0 Å². The van der Waals surface area contributed by atoms with Crippen molar-refractivity contribution in [1.29, 1.82) is 5.26 Å². The maximum Gasteiger partial charge on any atom is 0.251 e. The minimum atomic E-state index is -0.263. The van der Waals surface area contributed by atoms with Crippen LogP contribution in [0.4, 0.5) is 0 Å². The predicted molar refractivity (Wildman–Crippen MR) is 63.6 cm³/mol. The second-order valence-electron chi connectivity index (χ2n) is 3.37. The molecule has 0 radical (unpaired) electrons. The third-order valence-electron chi connectivity index (χ3n) is 1.96. The lowest BCUT2D eigenvalue weighted by Gasteiger charge is -2.10. The van der Waals surface area contributed by atoms with Gasteiger partial charge in [-0.3, -0.25) is 4.79 Å². The summed E-state index contributed by atoms with van der Waals surface area (Å²) in [5.74, 6) is -0.263. The van der Waals surface area contributed by atoms with E-state index in [1.54, 1.807) is 19.1 Å². The number of hydrogen-bond acceptors (Lipinski definition) is 2. The molecule has 1 aromatic rings. The van der Waals surface area contributed by atoms with Crippen LogP contribution in [0.1, 0.15) is 23.7 Å². The number of carbonyl (C=O) groups excluding carboxylic acids is 1. The summed E-state index contributed by atoms with van der Waals surface area (Å²) in [4.78, 5) is 11.7. The van der Waals surface area contributed by atoms with Crippen LogP contribution in [-0.4, -0.2) is 11.9 Å². The summed E-state index contributed by atoms with van der Waals surface area (Å²) >= 11 is 11.5. The van der Waals surface area contributed by atoms with E-state index in [1.165, 1.54) is 6.07 Å². The van der Waals surface area contributed by atoms with Gasteiger partial charge < -0.3 is 5.32 Å². The summed E-state index contributed by atoms with van der Waals surface area (Å²) in [7, 11) is 0. The Bertz CT molecular complexity index is 440. The number of nitriles is 1. The van der Waals surface area contributed by atoms with Crippen LogP contribution in [-0.2, 0) is 0 Å². The van der Waals surface area contributed by atoms with Gasteiger partial charge in [-0.25, -0.2) is 0 Å². The van der Waals surface area contributed by atoms with E-state index in [9.17, 15) is 4.79 Å². The number of hydrogen-bond donors (Lipinski definition) is 1. The van der Waals surface area contributed by atoms with Crippen molar-refractivity contribution in [2.75, 3.05) is 0 Å². The van der Waals surface area contributed by atoms with Crippen molar-refractivity contribution in [2.24, 2.45) is 0 Å². The maximum absolute atomic E-state index is 11.7. The Morgan fingerprint density at radius 2 is 2.19 bits per heavy atom. The fraction of sp³-hybridized carbons (Fsp3) is 0.273. The van der Waals surface area contributed by atoms with Gasteiger partial charge in [0.1, 0.15) is 0 Å². The Morgan fingerprint density at radius 3 is 2.75 bits per heavy atom. The van der Waals surface area contributed by atoms with Crippen molar-refractivity contribution in [1.82, 2.24) is 5.32 Å². The van der Waals surface area contributed by atoms with Gasteiger partial charge in [0, 0.05) is 11.6 Å². The minimum absolute atomic E-state index is 0.188. The molecule has 0 bridgehead atoms. The summed E-state index contributed by atoms with van der Waals surface area (Å²) in [6.45, 7) is 1.76. The van der Waals surface area contributed by atoms with Crippen LogP contribution < -0.4 is 5.32 Å². The molecule has 1 rings (SSSR count). The van der Waals surface area contributed by atoms with Crippen LogP contribution in [0.5, 0.6) is 0 Å². The van der Waals surface area contributed by atoms with E-state index < -0.39 is 0 Å². The number of halogens is 2. The second-order valence-corrected chi connectivity index (χ2v) is 4.18. The average molecular weight is 257 g/mol. The van der Waals surface area contributed by atoms with Crippen LogP contribution in [0.3, 0.4) is 0 Å². The molecule has 0 spiro atoms. The average Bonchev–Trinajstić information content (AvgIpc) is 2.22. The molecule has 5 heteroatoms. The Kier molecular flexibility index (Phi) is 4.60. The molecule has 0 aliphatic carbocycles. The fourth-order valence-electron chi connectivity index (χ4n) is 1.13. The summed E-state index contributed by atoms with van der Waals surface area (Å²) < 4.78 is 0. The molecular weight excluding hydrogens is 247 g/mol. The zero-order valence-corrected chi connectivity index (χ0v) is 10.1. The summed E-state index contributed by atoms with van der Waals surface area (Å²) in [6, 6.07) is 6.44. The zero-order valence-electron chi connectivity index (χ0n) is 8.63. The number of nitrogens with zero attached hydrogens (tertiary/aromatic N) is 1. The highest BCUT2D eigenvalue weighted by atomic mass is 35.5. The second kappa shape index (κ2) is 5.74. The molecule has 0 aliphatic rings. The van der Waals surface area contributed by atoms with Gasteiger partial charge >= 0.3 is 0 Å². The van der Waals surface area contributed by atoms with Crippen molar-refractivity contribution in [3.05, 3.63) is 33.8 Å². The highest BCUT2D eigenvalue weighted by molar-refractivity contribution is 6.42. The molecule has 0 aliphatic heterocycles. The lowest BCUT2D eigenvalue weighted by Crippen LogP contribution is -2.32. The van der Waals surface area contributed by atoms with Crippen molar-refractivity contribution in [2.45, 2.75) is 19.4 Å². The van der Waals surface area contributed by atoms with Gasteiger partial charge in [-0.15, -0.1) is 0 Å². The van der Waals surface area contributed by atoms with E-state index in [1.807, 2.05) is 6.07 Å². The van der Waals surface area contributed by atoms with Gasteiger partial charge in [0.05, 0.1) is 22.5 Å². The van der Waals surface area contributed by atoms with E-state index in [2.05, 4.69) is 5.32 Å². The predicted octanol–water partition coefficient (Wildman–Crippen LogP) is 3.03. The third kappa shape index (κ3) is 3.41. The Balaban J connectivity index is 2.74. The first kappa shape index (κ1) is 12.8. The van der Waals surface area contributed by atoms with E-state index >= 15 is 0 Å². The normalized spacial score (nSPS) is 11.6.